The van der Waals surface area contributed by atoms with Gasteiger partial charge in [0.2, 0.25) is 0 Å². The third-order valence-electron chi connectivity index (χ3n) is 2.83. The maximum atomic E-state index is 9.40. The van der Waals surface area contributed by atoms with Crippen molar-refractivity contribution in [3.8, 4) is 0 Å². The van der Waals surface area contributed by atoms with Crippen LogP contribution in [0.25, 0.3) is 0 Å². The second-order valence-electron chi connectivity index (χ2n) is 6.38. The van der Waals surface area contributed by atoms with Crippen molar-refractivity contribution in [2.45, 2.75) is 26.1 Å². The molecule has 4 nitrogen and oxygen atoms in total. The molecule has 0 aliphatic rings. The highest BCUT2D eigenvalue weighted by Gasteiger charge is 2.24. The number of hydrogen-bond donors (Lipinski definition) is 2. The van der Waals surface area contributed by atoms with E-state index in [1.54, 1.807) is 0 Å². The van der Waals surface area contributed by atoms with E-state index in [1.165, 1.54) is 0 Å². The van der Waals surface area contributed by atoms with E-state index in [-0.39, 0.29) is 12.2 Å². The predicted octanol–water partition coefficient (Wildman–Crippen LogP) is -0.0992. The van der Waals surface area contributed by atoms with Crippen LogP contribution in [0, 0.1) is 0 Å². The summed E-state index contributed by atoms with van der Waals surface area (Å²) in [5.41, 5.74) is 0. The molecule has 2 N–H and O–H groups in total. The van der Waals surface area contributed by atoms with Crippen molar-refractivity contribution in [1.82, 2.24) is 0 Å². The van der Waals surface area contributed by atoms with E-state index in [0.29, 0.717) is 0 Å². The zero-order valence-electron chi connectivity index (χ0n) is 11.8. The minimum Gasteiger partial charge on any atom is -0.388 e. The van der Waals surface area contributed by atoms with Crippen LogP contribution in [0.15, 0.2) is 0 Å². The van der Waals surface area contributed by atoms with Crippen molar-refractivity contribution in [2.24, 2.45) is 0 Å². The average Bonchev–Trinajstić information content (AvgIpc) is 1.96. The number of quaternary nitrogens is 2. The summed E-state index contributed by atoms with van der Waals surface area (Å²) in [6.45, 7) is 7.21. The summed E-state index contributed by atoms with van der Waals surface area (Å²) in [6, 6.07) is 0. The van der Waals surface area contributed by atoms with Gasteiger partial charge in [0.1, 0.15) is 38.4 Å². The molecule has 2 unspecified atom stereocenters. The lowest BCUT2D eigenvalue weighted by Gasteiger charge is -2.36. The van der Waals surface area contributed by atoms with E-state index in [1.807, 2.05) is 13.8 Å². The summed E-state index contributed by atoms with van der Waals surface area (Å²) in [5.74, 6) is 0. The van der Waals surface area contributed by atoms with Crippen molar-refractivity contribution in [3.63, 3.8) is 0 Å². The van der Waals surface area contributed by atoms with E-state index in [4.69, 9.17) is 0 Å². The van der Waals surface area contributed by atoms with Gasteiger partial charge >= 0.3 is 0 Å². The SMILES string of the molecule is CC(O)C[N+](C)(C)CC[N+](C)(C)CC(C)O. The molecule has 0 saturated heterocycles. The number of nitrogens with zero attached hydrogens (tertiary/aromatic N) is 2. The number of rotatable bonds is 7. The monoisotopic (exact) mass is 234 g/mol. The zero-order chi connectivity index (χ0) is 13.0. The van der Waals surface area contributed by atoms with Gasteiger partial charge in [0.25, 0.3) is 0 Å². The molecular weight excluding hydrogens is 204 g/mol. The molecule has 16 heavy (non-hydrogen) atoms. The standard InChI is InChI=1S/C12H30N2O2/c1-11(15)9-13(3,4)7-8-14(5,6)10-12(2)16/h11-12,15-16H,7-10H2,1-6H3/q+2. The number of aliphatic hydroxyl groups is 2. The molecular formula is C12H30N2O2+2. The summed E-state index contributed by atoms with van der Waals surface area (Å²) in [4.78, 5) is 0. The van der Waals surface area contributed by atoms with Gasteiger partial charge in [-0.05, 0) is 13.8 Å². The Morgan fingerprint density at radius 3 is 1.19 bits per heavy atom. The van der Waals surface area contributed by atoms with Gasteiger partial charge in [-0.3, -0.25) is 0 Å². The highest BCUT2D eigenvalue weighted by Crippen LogP contribution is 2.05. The van der Waals surface area contributed by atoms with E-state index in [9.17, 15) is 10.2 Å². The first-order chi connectivity index (χ1) is 7.04. The molecule has 0 aromatic carbocycles. The van der Waals surface area contributed by atoms with E-state index < -0.39 is 0 Å². The Hall–Kier alpha value is -0.160. The molecule has 0 aliphatic carbocycles. The van der Waals surface area contributed by atoms with Gasteiger partial charge in [-0.1, -0.05) is 0 Å². The summed E-state index contributed by atoms with van der Waals surface area (Å²) in [6.07, 6.45) is -0.523. The number of likely N-dealkylation sites (N-methyl/N-ethyl adjacent to an activating group) is 2. The zero-order valence-corrected chi connectivity index (χ0v) is 11.8. The molecule has 0 heterocycles. The van der Waals surface area contributed by atoms with Gasteiger partial charge in [0.15, 0.2) is 0 Å². The minimum atomic E-state index is -0.262. The fourth-order valence-electron chi connectivity index (χ4n) is 2.15. The fraction of sp³-hybridized carbons (Fsp3) is 1.00. The van der Waals surface area contributed by atoms with Crippen molar-refractivity contribution in [3.05, 3.63) is 0 Å². The summed E-state index contributed by atoms with van der Waals surface area (Å²) >= 11 is 0. The molecule has 0 bridgehead atoms. The lowest BCUT2D eigenvalue weighted by molar-refractivity contribution is -0.948. The van der Waals surface area contributed by atoms with Gasteiger partial charge in [-0.15, -0.1) is 0 Å². The van der Waals surface area contributed by atoms with E-state index in [0.717, 1.165) is 35.1 Å². The largest absolute Gasteiger partial charge is 0.388 e. The van der Waals surface area contributed by atoms with Crippen molar-refractivity contribution in [1.29, 1.82) is 0 Å². The van der Waals surface area contributed by atoms with Crippen LogP contribution in [0.2, 0.25) is 0 Å². The normalized spacial score (nSPS) is 17.2. The molecule has 0 fully saturated rings. The first kappa shape index (κ1) is 15.8. The average molecular weight is 234 g/mol. The third-order valence-corrected chi connectivity index (χ3v) is 2.83. The molecule has 0 aliphatic heterocycles. The van der Waals surface area contributed by atoms with Crippen LogP contribution in [-0.2, 0) is 0 Å². The van der Waals surface area contributed by atoms with Crippen molar-refractivity contribution >= 4 is 0 Å². The van der Waals surface area contributed by atoms with Crippen LogP contribution in [0.3, 0.4) is 0 Å². The van der Waals surface area contributed by atoms with Gasteiger partial charge in [0, 0.05) is 0 Å². The fourth-order valence-corrected chi connectivity index (χ4v) is 2.15. The maximum absolute atomic E-state index is 9.40. The summed E-state index contributed by atoms with van der Waals surface area (Å²) in [5, 5.41) is 18.8. The van der Waals surface area contributed by atoms with Gasteiger partial charge in [-0.2, -0.15) is 0 Å². The Morgan fingerprint density at radius 1 is 0.750 bits per heavy atom. The van der Waals surface area contributed by atoms with Crippen LogP contribution in [0.4, 0.5) is 0 Å². The summed E-state index contributed by atoms with van der Waals surface area (Å²) < 4.78 is 1.64. The second-order valence-corrected chi connectivity index (χ2v) is 6.38. The summed E-state index contributed by atoms with van der Waals surface area (Å²) in [7, 11) is 8.54. The highest BCUT2D eigenvalue weighted by atomic mass is 16.3. The van der Waals surface area contributed by atoms with Gasteiger partial charge in [0.05, 0.1) is 28.2 Å². The maximum Gasteiger partial charge on any atom is 0.128 e. The first-order valence-corrected chi connectivity index (χ1v) is 6.04. The Kier molecular flexibility index (Phi) is 5.90. The van der Waals surface area contributed by atoms with Crippen LogP contribution >= 0.6 is 0 Å². The van der Waals surface area contributed by atoms with Gasteiger partial charge in [-0.25, -0.2) is 0 Å². The molecule has 0 aromatic rings. The molecule has 0 radical (unpaired) electrons. The Morgan fingerprint density at radius 2 is 1.00 bits per heavy atom. The Labute approximate surface area is 100 Å². The van der Waals surface area contributed by atoms with Crippen LogP contribution in [0.1, 0.15) is 13.8 Å². The molecule has 4 heteroatoms. The molecule has 0 aromatic heterocycles. The molecule has 2 atom stereocenters. The Bertz CT molecular complexity index is 179. The predicted molar refractivity (Wildman–Crippen MR) is 67.0 cm³/mol. The van der Waals surface area contributed by atoms with Crippen LogP contribution in [0.5, 0.6) is 0 Å². The highest BCUT2D eigenvalue weighted by molar-refractivity contribution is 4.46. The quantitative estimate of drug-likeness (QED) is 0.604. The van der Waals surface area contributed by atoms with E-state index >= 15 is 0 Å². The Balaban J connectivity index is 4.11. The van der Waals surface area contributed by atoms with Crippen molar-refractivity contribution < 1.29 is 19.2 Å². The topological polar surface area (TPSA) is 40.5 Å². The smallest absolute Gasteiger partial charge is 0.128 e. The minimum absolute atomic E-state index is 0.262. The first-order valence-electron chi connectivity index (χ1n) is 6.04. The molecule has 0 rings (SSSR count). The lowest BCUT2D eigenvalue weighted by atomic mass is 10.3. The molecule has 0 amide bonds. The lowest BCUT2D eigenvalue weighted by Crippen LogP contribution is -2.54. The number of aliphatic hydroxyl groups excluding tert-OH is 2. The molecule has 98 valence electrons. The second kappa shape index (κ2) is 5.96. The third kappa shape index (κ3) is 8.05. The number of hydrogen-bond acceptors (Lipinski definition) is 2. The van der Waals surface area contributed by atoms with E-state index in [2.05, 4.69) is 28.2 Å². The van der Waals surface area contributed by atoms with Gasteiger partial charge < -0.3 is 19.2 Å². The molecule has 0 spiro atoms. The van der Waals surface area contributed by atoms with Crippen LogP contribution in [-0.4, -0.2) is 85.8 Å². The van der Waals surface area contributed by atoms with Crippen molar-refractivity contribution in [2.75, 3.05) is 54.4 Å². The molecule has 0 saturated carbocycles. The van der Waals surface area contributed by atoms with Crippen LogP contribution < -0.4 is 0 Å².